The number of ether oxygens (including phenoxy) is 1. The van der Waals surface area contributed by atoms with Gasteiger partial charge in [0, 0.05) is 6.54 Å². The zero-order valence-electron chi connectivity index (χ0n) is 13.8. The van der Waals surface area contributed by atoms with Crippen LogP contribution in [-0.2, 0) is 17.6 Å². The Hall–Kier alpha value is -1.55. The smallest absolute Gasteiger partial charge is 0.257 e. The van der Waals surface area contributed by atoms with Crippen molar-refractivity contribution in [3.8, 4) is 5.75 Å². The summed E-state index contributed by atoms with van der Waals surface area (Å²) in [6, 6.07) is 6.09. The van der Waals surface area contributed by atoms with E-state index in [2.05, 4.69) is 11.4 Å². The number of carbonyl (C=O) groups excluding carboxylic acids is 1. The topological polar surface area (TPSA) is 58.6 Å². The van der Waals surface area contributed by atoms with Gasteiger partial charge in [-0.3, -0.25) is 4.79 Å². The van der Waals surface area contributed by atoms with Crippen molar-refractivity contribution in [3.63, 3.8) is 0 Å². The van der Waals surface area contributed by atoms with E-state index in [-0.39, 0.29) is 24.0 Å². The molecule has 1 unspecified atom stereocenters. The Kier molecular flexibility index (Phi) is 5.46. The van der Waals surface area contributed by atoms with E-state index in [1.54, 1.807) is 6.92 Å². The molecule has 1 atom stereocenters. The summed E-state index contributed by atoms with van der Waals surface area (Å²) < 4.78 is 5.58. The summed E-state index contributed by atoms with van der Waals surface area (Å²) in [7, 11) is 0. The lowest BCUT2D eigenvalue weighted by Crippen LogP contribution is -2.38. The normalized spacial score (nSPS) is 15.3. The monoisotopic (exact) mass is 305 g/mol. The molecule has 1 aliphatic rings. The van der Waals surface area contributed by atoms with E-state index in [4.69, 9.17) is 4.74 Å². The SMILES string of the molecule is CC(O)CC(C)(C)CNC(=O)COc1ccc2c(c1)CCC2. The van der Waals surface area contributed by atoms with Crippen LogP contribution in [0, 0.1) is 5.41 Å². The van der Waals surface area contributed by atoms with Gasteiger partial charge in [0.2, 0.25) is 0 Å². The lowest BCUT2D eigenvalue weighted by Gasteiger charge is -2.26. The molecular formula is C18H27NO3. The molecule has 0 aromatic heterocycles. The van der Waals surface area contributed by atoms with E-state index < -0.39 is 0 Å². The van der Waals surface area contributed by atoms with Gasteiger partial charge in [0.15, 0.2) is 6.61 Å². The van der Waals surface area contributed by atoms with Crippen LogP contribution in [0.1, 0.15) is 44.7 Å². The molecule has 2 rings (SSSR count). The van der Waals surface area contributed by atoms with E-state index in [1.165, 1.54) is 17.5 Å². The highest BCUT2D eigenvalue weighted by molar-refractivity contribution is 5.77. The van der Waals surface area contributed by atoms with E-state index >= 15 is 0 Å². The molecule has 0 bridgehead atoms. The zero-order chi connectivity index (χ0) is 16.2. The van der Waals surface area contributed by atoms with Crippen molar-refractivity contribution in [2.45, 2.75) is 52.6 Å². The predicted octanol–water partition coefficient (Wildman–Crippen LogP) is 2.47. The molecule has 0 spiro atoms. The van der Waals surface area contributed by atoms with Crippen molar-refractivity contribution in [1.29, 1.82) is 0 Å². The van der Waals surface area contributed by atoms with E-state index in [0.29, 0.717) is 13.0 Å². The molecule has 2 N–H and O–H groups in total. The number of hydrogen-bond acceptors (Lipinski definition) is 3. The number of aliphatic hydroxyl groups excluding tert-OH is 1. The second-order valence-electron chi connectivity index (χ2n) is 7.07. The number of fused-ring (bicyclic) bond motifs is 1. The van der Waals surface area contributed by atoms with E-state index in [1.807, 2.05) is 26.0 Å². The van der Waals surface area contributed by atoms with Crippen LogP contribution < -0.4 is 10.1 Å². The van der Waals surface area contributed by atoms with Crippen LogP contribution in [-0.4, -0.2) is 30.3 Å². The maximum Gasteiger partial charge on any atom is 0.257 e. The second-order valence-corrected chi connectivity index (χ2v) is 7.07. The highest BCUT2D eigenvalue weighted by Crippen LogP contribution is 2.26. The van der Waals surface area contributed by atoms with Crippen molar-refractivity contribution in [2.75, 3.05) is 13.2 Å². The highest BCUT2D eigenvalue weighted by Gasteiger charge is 2.21. The number of aryl methyl sites for hydroxylation is 2. The van der Waals surface area contributed by atoms with Crippen LogP contribution in [0.15, 0.2) is 18.2 Å². The standard InChI is InChI=1S/C18H27NO3/c1-13(20)10-18(2,3)12-19-17(21)11-22-16-8-7-14-5-4-6-15(14)9-16/h7-9,13,20H,4-6,10-12H2,1-3H3,(H,19,21). The van der Waals surface area contributed by atoms with Crippen LogP contribution in [0.3, 0.4) is 0 Å². The van der Waals surface area contributed by atoms with Crippen LogP contribution in [0.2, 0.25) is 0 Å². The Morgan fingerprint density at radius 2 is 2.09 bits per heavy atom. The van der Waals surface area contributed by atoms with Crippen LogP contribution in [0.25, 0.3) is 0 Å². The number of hydrogen-bond donors (Lipinski definition) is 2. The lowest BCUT2D eigenvalue weighted by molar-refractivity contribution is -0.123. The van der Waals surface area contributed by atoms with Gasteiger partial charge >= 0.3 is 0 Å². The molecular weight excluding hydrogens is 278 g/mol. The van der Waals surface area contributed by atoms with Gasteiger partial charge in [-0.05, 0) is 61.3 Å². The molecule has 1 aromatic rings. The Morgan fingerprint density at radius 3 is 2.82 bits per heavy atom. The molecule has 1 aromatic carbocycles. The van der Waals surface area contributed by atoms with Crippen molar-refractivity contribution < 1.29 is 14.6 Å². The maximum absolute atomic E-state index is 11.9. The van der Waals surface area contributed by atoms with Crippen molar-refractivity contribution in [3.05, 3.63) is 29.3 Å². The molecule has 0 radical (unpaired) electrons. The van der Waals surface area contributed by atoms with Gasteiger partial charge in [-0.15, -0.1) is 0 Å². The third-order valence-corrected chi connectivity index (χ3v) is 4.05. The first-order valence-corrected chi connectivity index (χ1v) is 8.05. The average molecular weight is 305 g/mol. The highest BCUT2D eigenvalue weighted by atomic mass is 16.5. The van der Waals surface area contributed by atoms with Crippen molar-refractivity contribution in [2.24, 2.45) is 5.41 Å². The summed E-state index contributed by atoms with van der Waals surface area (Å²) in [6.07, 6.45) is 3.74. The largest absolute Gasteiger partial charge is 0.484 e. The van der Waals surface area contributed by atoms with Gasteiger partial charge in [-0.25, -0.2) is 0 Å². The molecule has 4 nitrogen and oxygen atoms in total. The molecule has 0 heterocycles. The van der Waals surface area contributed by atoms with Crippen molar-refractivity contribution in [1.82, 2.24) is 5.32 Å². The quantitative estimate of drug-likeness (QED) is 0.813. The summed E-state index contributed by atoms with van der Waals surface area (Å²) in [5.41, 5.74) is 2.62. The van der Waals surface area contributed by atoms with Crippen LogP contribution in [0.4, 0.5) is 0 Å². The maximum atomic E-state index is 11.9. The Balaban J connectivity index is 1.76. The molecule has 1 aliphatic carbocycles. The van der Waals surface area contributed by atoms with E-state index in [9.17, 15) is 9.90 Å². The number of benzene rings is 1. The Bertz CT molecular complexity index is 523. The minimum atomic E-state index is -0.366. The first-order chi connectivity index (χ1) is 10.4. The average Bonchev–Trinajstić information content (AvgIpc) is 2.89. The van der Waals surface area contributed by atoms with Gasteiger partial charge in [-0.1, -0.05) is 19.9 Å². The molecule has 22 heavy (non-hydrogen) atoms. The van der Waals surface area contributed by atoms with Gasteiger partial charge in [0.05, 0.1) is 6.10 Å². The summed E-state index contributed by atoms with van der Waals surface area (Å²) in [4.78, 5) is 11.9. The molecule has 4 heteroatoms. The fourth-order valence-electron chi connectivity index (χ4n) is 3.05. The number of amides is 1. The second kappa shape index (κ2) is 7.14. The van der Waals surface area contributed by atoms with Crippen LogP contribution >= 0.6 is 0 Å². The number of nitrogens with one attached hydrogen (secondary N) is 1. The molecule has 0 fully saturated rings. The fraction of sp³-hybridized carbons (Fsp3) is 0.611. The van der Waals surface area contributed by atoms with Crippen molar-refractivity contribution >= 4 is 5.91 Å². The minimum Gasteiger partial charge on any atom is -0.484 e. The first kappa shape index (κ1) is 16.8. The number of aliphatic hydroxyl groups is 1. The first-order valence-electron chi connectivity index (χ1n) is 8.05. The molecule has 122 valence electrons. The minimum absolute atomic E-state index is 0.0313. The number of carbonyl (C=O) groups is 1. The third-order valence-electron chi connectivity index (χ3n) is 4.05. The fourth-order valence-corrected chi connectivity index (χ4v) is 3.05. The van der Waals surface area contributed by atoms with Gasteiger partial charge in [-0.2, -0.15) is 0 Å². The molecule has 0 saturated heterocycles. The Morgan fingerprint density at radius 1 is 1.36 bits per heavy atom. The predicted molar refractivity (Wildman–Crippen MR) is 87.1 cm³/mol. The third kappa shape index (κ3) is 5.02. The summed E-state index contributed by atoms with van der Waals surface area (Å²) >= 11 is 0. The van der Waals surface area contributed by atoms with Gasteiger partial charge in [0.1, 0.15) is 5.75 Å². The summed E-state index contributed by atoms with van der Waals surface area (Å²) in [5.74, 6) is 0.637. The van der Waals surface area contributed by atoms with Gasteiger partial charge < -0.3 is 15.2 Å². The molecule has 0 aliphatic heterocycles. The zero-order valence-corrected chi connectivity index (χ0v) is 13.8. The van der Waals surface area contributed by atoms with Crippen LogP contribution in [0.5, 0.6) is 5.75 Å². The molecule has 1 amide bonds. The number of rotatable bonds is 7. The summed E-state index contributed by atoms with van der Waals surface area (Å²) in [6.45, 7) is 6.39. The van der Waals surface area contributed by atoms with Gasteiger partial charge in [0.25, 0.3) is 5.91 Å². The molecule has 0 saturated carbocycles. The lowest BCUT2D eigenvalue weighted by atomic mass is 9.87. The Labute approximate surface area is 132 Å². The summed E-state index contributed by atoms with van der Waals surface area (Å²) in [5, 5.41) is 12.3. The van der Waals surface area contributed by atoms with E-state index in [0.717, 1.165) is 18.6 Å².